The Morgan fingerprint density at radius 3 is 2.46 bits per heavy atom. The van der Waals surface area contributed by atoms with Crippen molar-refractivity contribution in [1.82, 2.24) is 0 Å². The number of hydrogen-bond acceptors (Lipinski definition) is 4. The quantitative estimate of drug-likeness (QED) is 0.811. The molecule has 0 heterocycles. The zero-order chi connectivity index (χ0) is 17.5. The van der Waals surface area contributed by atoms with Gasteiger partial charge in [0.1, 0.15) is 5.75 Å². The summed E-state index contributed by atoms with van der Waals surface area (Å²) in [6, 6.07) is 14.1. The van der Waals surface area contributed by atoms with E-state index in [4.69, 9.17) is 21.1 Å². The van der Waals surface area contributed by atoms with Gasteiger partial charge in [0, 0.05) is 5.69 Å². The zero-order valence-corrected chi connectivity index (χ0v) is 14.2. The number of anilines is 1. The standard InChI is InChI=1S/C18H18ClNO4/c1-12-7-9-14(10-8-12)20-18(22)13(2)24-17(21)11-23-16-6-4-3-5-15(16)19/h3-10,13H,11H2,1-2H3,(H,20,22)/t13-/m0/s1. The maximum atomic E-state index is 12.0. The number of carbonyl (C=O) groups excluding carboxylic acids is 2. The van der Waals surface area contributed by atoms with Crippen LogP contribution in [0.1, 0.15) is 12.5 Å². The van der Waals surface area contributed by atoms with Crippen molar-refractivity contribution in [2.75, 3.05) is 11.9 Å². The number of carbonyl (C=O) groups is 2. The van der Waals surface area contributed by atoms with Crippen molar-refractivity contribution in [2.45, 2.75) is 20.0 Å². The van der Waals surface area contributed by atoms with Gasteiger partial charge in [0.25, 0.3) is 5.91 Å². The Labute approximate surface area is 145 Å². The van der Waals surface area contributed by atoms with Crippen molar-refractivity contribution >= 4 is 29.2 Å². The van der Waals surface area contributed by atoms with Crippen LogP contribution in [0.3, 0.4) is 0 Å². The minimum Gasteiger partial charge on any atom is -0.480 e. The zero-order valence-electron chi connectivity index (χ0n) is 13.4. The summed E-state index contributed by atoms with van der Waals surface area (Å²) in [4.78, 5) is 23.8. The molecule has 2 aromatic rings. The molecule has 126 valence electrons. The number of ether oxygens (including phenoxy) is 2. The Kier molecular flexibility index (Phi) is 6.21. The van der Waals surface area contributed by atoms with Crippen LogP contribution >= 0.6 is 11.6 Å². The molecule has 0 fully saturated rings. The summed E-state index contributed by atoms with van der Waals surface area (Å²) in [6.45, 7) is 3.12. The van der Waals surface area contributed by atoms with E-state index in [-0.39, 0.29) is 6.61 Å². The Hall–Kier alpha value is -2.53. The average Bonchev–Trinajstić information content (AvgIpc) is 2.56. The average molecular weight is 348 g/mol. The number of nitrogens with one attached hydrogen (secondary N) is 1. The van der Waals surface area contributed by atoms with E-state index in [1.54, 1.807) is 36.4 Å². The van der Waals surface area contributed by atoms with Crippen molar-refractivity contribution in [3.63, 3.8) is 0 Å². The molecule has 24 heavy (non-hydrogen) atoms. The van der Waals surface area contributed by atoms with Crippen molar-refractivity contribution in [3.8, 4) is 5.75 Å². The van der Waals surface area contributed by atoms with Crippen LogP contribution in [0.2, 0.25) is 5.02 Å². The van der Waals surface area contributed by atoms with Crippen LogP contribution in [-0.4, -0.2) is 24.6 Å². The number of amides is 1. The third-order valence-electron chi connectivity index (χ3n) is 3.18. The van der Waals surface area contributed by atoms with Crippen LogP contribution in [0.25, 0.3) is 0 Å². The van der Waals surface area contributed by atoms with E-state index in [0.717, 1.165) is 5.56 Å². The molecule has 1 amide bonds. The van der Waals surface area contributed by atoms with Crippen LogP contribution in [0.15, 0.2) is 48.5 Å². The highest BCUT2D eigenvalue weighted by Gasteiger charge is 2.18. The maximum Gasteiger partial charge on any atom is 0.344 e. The fourth-order valence-electron chi connectivity index (χ4n) is 1.86. The monoisotopic (exact) mass is 347 g/mol. The summed E-state index contributed by atoms with van der Waals surface area (Å²) in [5, 5.41) is 3.08. The molecule has 1 N–H and O–H groups in total. The minimum atomic E-state index is -0.936. The van der Waals surface area contributed by atoms with E-state index in [2.05, 4.69) is 5.32 Å². The molecule has 0 aliphatic heterocycles. The third kappa shape index (κ3) is 5.28. The topological polar surface area (TPSA) is 64.6 Å². The van der Waals surface area contributed by atoms with Gasteiger partial charge in [-0.15, -0.1) is 0 Å². The lowest BCUT2D eigenvalue weighted by Gasteiger charge is -2.14. The summed E-state index contributed by atoms with van der Waals surface area (Å²) in [5.41, 5.74) is 1.73. The molecule has 2 rings (SSSR count). The lowest BCUT2D eigenvalue weighted by Crippen LogP contribution is -2.31. The van der Waals surface area contributed by atoms with Gasteiger partial charge < -0.3 is 14.8 Å². The van der Waals surface area contributed by atoms with E-state index >= 15 is 0 Å². The number of aryl methyl sites for hydroxylation is 1. The lowest BCUT2D eigenvalue weighted by atomic mass is 10.2. The first-order chi connectivity index (χ1) is 11.5. The van der Waals surface area contributed by atoms with Gasteiger partial charge in [0.05, 0.1) is 5.02 Å². The van der Waals surface area contributed by atoms with Crippen molar-refractivity contribution in [2.24, 2.45) is 0 Å². The maximum absolute atomic E-state index is 12.0. The smallest absolute Gasteiger partial charge is 0.344 e. The summed E-state index contributed by atoms with van der Waals surface area (Å²) >= 11 is 5.92. The van der Waals surface area contributed by atoms with E-state index < -0.39 is 18.0 Å². The fourth-order valence-corrected chi connectivity index (χ4v) is 2.05. The second-order valence-electron chi connectivity index (χ2n) is 5.21. The summed E-state index contributed by atoms with van der Waals surface area (Å²) in [6.07, 6.45) is -0.936. The molecule has 6 heteroatoms. The van der Waals surface area contributed by atoms with Crippen LogP contribution < -0.4 is 10.1 Å². The first kappa shape index (κ1) is 17.8. The van der Waals surface area contributed by atoms with Crippen LogP contribution in [0.4, 0.5) is 5.69 Å². The summed E-state index contributed by atoms with van der Waals surface area (Å²) in [7, 11) is 0. The van der Waals surface area contributed by atoms with Crippen molar-refractivity contribution in [1.29, 1.82) is 0 Å². The molecule has 0 radical (unpaired) electrons. The molecule has 1 atom stereocenters. The van der Waals surface area contributed by atoms with Crippen LogP contribution in [0.5, 0.6) is 5.75 Å². The van der Waals surface area contributed by atoms with E-state index in [1.165, 1.54) is 6.92 Å². The number of para-hydroxylation sites is 1. The highest BCUT2D eigenvalue weighted by molar-refractivity contribution is 6.32. The fraction of sp³-hybridized carbons (Fsp3) is 0.222. The van der Waals surface area contributed by atoms with Crippen LogP contribution in [-0.2, 0) is 14.3 Å². The second-order valence-corrected chi connectivity index (χ2v) is 5.61. The summed E-state index contributed by atoms with van der Waals surface area (Å²) in [5.74, 6) is -0.681. The second kappa shape index (κ2) is 8.36. The molecule has 0 saturated heterocycles. The molecule has 0 aliphatic carbocycles. The molecule has 0 unspecified atom stereocenters. The Morgan fingerprint density at radius 1 is 1.12 bits per heavy atom. The van der Waals surface area contributed by atoms with Gasteiger partial charge in [-0.05, 0) is 38.1 Å². The normalized spacial score (nSPS) is 11.5. The summed E-state index contributed by atoms with van der Waals surface area (Å²) < 4.78 is 10.3. The van der Waals surface area contributed by atoms with Gasteiger partial charge in [-0.2, -0.15) is 0 Å². The van der Waals surface area contributed by atoms with Gasteiger partial charge in [-0.1, -0.05) is 41.4 Å². The molecule has 2 aromatic carbocycles. The first-order valence-corrected chi connectivity index (χ1v) is 7.78. The molecule has 0 aliphatic rings. The van der Waals surface area contributed by atoms with Gasteiger partial charge in [0.15, 0.2) is 12.7 Å². The number of rotatable bonds is 6. The highest BCUT2D eigenvalue weighted by Crippen LogP contribution is 2.22. The lowest BCUT2D eigenvalue weighted by molar-refractivity contribution is -0.155. The predicted octanol–water partition coefficient (Wildman–Crippen LogP) is 3.60. The molecule has 0 bridgehead atoms. The van der Waals surface area contributed by atoms with E-state index in [9.17, 15) is 9.59 Å². The third-order valence-corrected chi connectivity index (χ3v) is 3.49. The molecule has 0 spiro atoms. The predicted molar refractivity (Wildman–Crippen MR) is 92.3 cm³/mol. The van der Waals surface area contributed by atoms with Crippen molar-refractivity contribution < 1.29 is 19.1 Å². The highest BCUT2D eigenvalue weighted by atomic mass is 35.5. The van der Waals surface area contributed by atoms with Crippen LogP contribution in [0, 0.1) is 6.92 Å². The first-order valence-electron chi connectivity index (χ1n) is 7.40. The Morgan fingerprint density at radius 2 is 1.79 bits per heavy atom. The SMILES string of the molecule is Cc1ccc(NC(=O)[C@H](C)OC(=O)COc2ccccc2Cl)cc1. The molecule has 0 aromatic heterocycles. The largest absolute Gasteiger partial charge is 0.480 e. The Balaban J connectivity index is 1.81. The van der Waals surface area contributed by atoms with Gasteiger partial charge in [-0.25, -0.2) is 4.79 Å². The number of halogens is 1. The van der Waals surface area contributed by atoms with E-state index in [1.807, 2.05) is 19.1 Å². The Bertz CT molecular complexity index is 715. The molecular weight excluding hydrogens is 330 g/mol. The van der Waals surface area contributed by atoms with E-state index in [0.29, 0.717) is 16.5 Å². The number of esters is 1. The molecular formula is C18H18ClNO4. The number of benzene rings is 2. The minimum absolute atomic E-state index is 0.327. The molecule has 0 saturated carbocycles. The molecule has 5 nitrogen and oxygen atoms in total. The number of hydrogen-bond donors (Lipinski definition) is 1. The van der Waals surface area contributed by atoms with Gasteiger partial charge in [0.2, 0.25) is 0 Å². The van der Waals surface area contributed by atoms with Crippen molar-refractivity contribution in [3.05, 3.63) is 59.1 Å². The van der Waals surface area contributed by atoms with Gasteiger partial charge >= 0.3 is 5.97 Å². The van der Waals surface area contributed by atoms with Gasteiger partial charge in [-0.3, -0.25) is 4.79 Å².